The minimum Gasteiger partial charge on any atom is -0.324 e. The molecular weight excluding hydrogens is 372 g/mol. The van der Waals surface area contributed by atoms with Crippen LogP contribution in [0, 0.1) is 0 Å². The maximum Gasteiger partial charge on any atom is 0.248 e. The zero-order valence-corrected chi connectivity index (χ0v) is 16.6. The Morgan fingerprint density at radius 3 is 2.42 bits per heavy atom. The molecule has 5 nitrogen and oxygen atoms in total. The number of aryl methyl sites for hydroxylation is 1. The number of halogens is 1. The second-order valence-corrected chi connectivity index (χ2v) is 8.26. The molecule has 0 saturated carbocycles. The second-order valence-electron chi connectivity index (χ2n) is 5.96. The minimum absolute atomic E-state index is 0.319. The van der Waals surface area contributed by atoms with Crippen molar-refractivity contribution >= 4 is 38.9 Å². The van der Waals surface area contributed by atoms with Gasteiger partial charge in [-0.05, 0) is 42.7 Å². The van der Waals surface area contributed by atoms with Gasteiger partial charge in [0.05, 0.1) is 11.9 Å². The first kappa shape index (κ1) is 20.3. The zero-order chi connectivity index (χ0) is 19.3. The van der Waals surface area contributed by atoms with Gasteiger partial charge in [0.1, 0.15) is 6.04 Å². The van der Waals surface area contributed by atoms with Gasteiger partial charge < -0.3 is 5.32 Å². The molecule has 0 aliphatic heterocycles. The monoisotopic (exact) mass is 394 g/mol. The molecule has 2 aromatic carbocycles. The lowest BCUT2D eigenvalue weighted by Crippen LogP contribution is -2.47. The van der Waals surface area contributed by atoms with Crippen molar-refractivity contribution in [2.24, 2.45) is 0 Å². The Balaban J connectivity index is 2.40. The van der Waals surface area contributed by atoms with Crippen LogP contribution in [-0.2, 0) is 21.2 Å². The molecule has 2 aromatic rings. The molecule has 0 heterocycles. The predicted molar refractivity (Wildman–Crippen MR) is 107 cm³/mol. The summed E-state index contributed by atoms with van der Waals surface area (Å²) in [4.78, 5) is 12.9. The van der Waals surface area contributed by atoms with Gasteiger partial charge in [-0.2, -0.15) is 0 Å². The average molecular weight is 395 g/mol. The summed E-state index contributed by atoms with van der Waals surface area (Å²) in [6.07, 6.45) is 2.17. The molecule has 0 bridgehead atoms. The van der Waals surface area contributed by atoms with E-state index in [9.17, 15) is 13.2 Å². The number of hydrogen-bond donors (Lipinski definition) is 1. The van der Waals surface area contributed by atoms with E-state index in [1.54, 1.807) is 31.2 Å². The molecule has 0 saturated heterocycles. The van der Waals surface area contributed by atoms with E-state index in [-0.39, 0.29) is 5.91 Å². The lowest BCUT2D eigenvalue weighted by atomic mass is 10.1. The van der Waals surface area contributed by atoms with Crippen LogP contribution < -0.4 is 9.62 Å². The van der Waals surface area contributed by atoms with Gasteiger partial charge in [-0.15, -0.1) is 0 Å². The summed E-state index contributed by atoms with van der Waals surface area (Å²) in [5.74, 6) is -0.376. The third-order valence-corrected chi connectivity index (χ3v) is 5.46. The van der Waals surface area contributed by atoms with E-state index in [0.717, 1.165) is 22.5 Å². The summed E-state index contributed by atoms with van der Waals surface area (Å²) in [5, 5.41) is 3.28. The van der Waals surface area contributed by atoms with E-state index in [1.807, 2.05) is 31.2 Å². The SMILES string of the molecule is CCc1ccccc1NC(=O)[C@@H](CC)N(c1cccc(Cl)c1)S(C)(=O)=O. The van der Waals surface area contributed by atoms with Crippen LogP contribution in [-0.4, -0.2) is 26.6 Å². The van der Waals surface area contributed by atoms with Crippen LogP contribution in [0.4, 0.5) is 11.4 Å². The van der Waals surface area contributed by atoms with E-state index in [4.69, 9.17) is 11.6 Å². The van der Waals surface area contributed by atoms with Crippen LogP contribution in [0.3, 0.4) is 0 Å². The Labute approximate surface area is 160 Å². The summed E-state index contributed by atoms with van der Waals surface area (Å²) in [5.41, 5.74) is 2.05. The Morgan fingerprint density at radius 1 is 1.15 bits per heavy atom. The summed E-state index contributed by atoms with van der Waals surface area (Å²) >= 11 is 6.01. The largest absolute Gasteiger partial charge is 0.324 e. The average Bonchev–Trinajstić information content (AvgIpc) is 2.58. The maximum atomic E-state index is 12.9. The standard InChI is InChI=1S/C19H23ClN2O3S/c1-4-14-9-6-7-12-17(14)21-19(23)18(5-2)22(26(3,24)25)16-11-8-10-15(20)13-16/h6-13,18H,4-5H2,1-3H3,(H,21,23)/t18-/m1/s1. The van der Waals surface area contributed by atoms with Crippen LogP contribution in [0.5, 0.6) is 0 Å². The number of para-hydroxylation sites is 1. The fourth-order valence-corrected chi connectivity index (χ4v) is 4.23. The van der Waals surface area contributed by atoms with Crippen molar-refractivity contribution in [3.63, 3.8) is 0 Å². The van der Waals surface area contributed by atoms with Gasteiger partial charge in [0.2, 0.25) is 15.9 Å². The summed E-state index contributed by atoms with van der Waals surface area (Å²) in [6.45, 7) is 3.77. The van der Waals surface area contributed by atoms with Crippen LogP contribution >= 0.6 is 11.6 Å². The molecule has 0 aliphatic rings. The third-order valence-electron chi connectivity index (χ3n) is 4.05. The van der Waals surface area contributed by atoms with Crippen molar-refractivity contribution in [3.8, 4) is 0 Å². The third kappa shape index (κ3) is 4.77. The molecule has 0 aliphatic carbocycles. The zero-order valence-electron chi connectivity index (χ0n) is 15.1. The number of carbonyl (C=O) groups is 1. The summed E-state index contributed by atoms with van der Waals surface area (Å²) < 4.78 is 26.0. The van der Waals surface area contributed by atoms with Crippen molar-refractivity contribution < 1.29 is 13.2 Å². The van der Waals surface area contributed by atoms with Gasteiger partial charge in [0.15, 0.2) is 0 Å². The van der Waals surface area contributed by atoms with E-state index in [2.05, 4.69) is 5.32 Å². The van der Waals surface area contributed by atoms with E-state index >= 15 is 0 Å². The molecule has 26 heavy (non-hydrogen) atoms. The van der Waals surface area contributed by atoms with Crippen molar-refractivity contribution in [1.82, 2.24) is 0 Å². The molecule has 2 rings (SSSR count). The second kappa shape index (κ2) is 8.56. The first-order valence-corrected chi connectivity index (χ1v) is 10.6. The van der Waals surface area contributed by atoms with Crippen LogP contribution in [0.15, 0.2) is 48.5 Å². The first-order chi connectivity index (χ1) is 12.3. The molecule has 0 unspecified atom stereocenters. The van der Waals surface area contributed by atoms with Gasteiger partial charge in [-0.3, -0.25) is 9.10 Å². The lowest BCUT2D eigenvalue weighted by molar-refractivity contribution is -0.117. The maximum absolute atomic E-state index is 12.9. The molecule has 0 fully saturated rings. The Morgan fingerprint density at radius 2 is 1.85 bits per heavy atom. The minimum atomic E-state index is -3.69. The molecular formula is C19H23ClN2O3S. The number of amides is 1. The Kier molecular flexibility index (Phi) is 6.67. The van der Waals surface area contributed by atoms with Crippen molar-refractivity contribution in [2.75, 3.05) is 15.9 Å². The highest BCUT2D eigenvalue weighted by atomic mass is 35.5. The summed E-state index contributed by atoms with van der Waals surface area (Å²) in [6, 6.07) is 13.1. The first-order valence-electron chi connectivity index (χ1n) is 8.41. The Hall–Kier alpha value is -2.05. The normalized spacial score (nSPS) is 12.5. The van der Waals surface area contributed by atoms with Crippen molar-refractivity contribution in [2.45, 2.75) is 32.7 Å². The topological polar surface area (TPSA) is 66.5 Å². The number of sulfonamides is 1. The molecule has 0 radical (unpaired) electrons. The highest BCUT2D eigenvalue weighted by Gasteiger charge is 2.31. The number of nitrogens with zero attached hydrogens (tertiary/aromatic N) is 1. The fourth-order valence-electron chi connectivity index (χ4n) is 2.84. The molecule has 0 aromatic heterocycles. The lowest BCUT2D eigenvalue weighted by Gasteiger charge is -2.30. The van der Waals surface area contributed by atoms with Crippen LogP contribution in [0.2, 0.25) is 5.02 Å². The van der Waals surface area contributed by atoms with Crippen molar-refractivity contribution in [3.05, 3.63) is 59.1 Å². The number of hydrogen-bond acceptors (Lipinski definition) is 3. The van der Waals surface area contributed by atoms with Crippen LogP contribution in [0.1, 0.15) is 25.8 Å². The highest BCUT2D eigenvalue weighted by Crippen LogP contribution is 2.26. The number of anilines is 2. The molecule has 1 N–H and O–H groups in total. The van der Waals surface area contributed by atoms with Gasteiger partial charge in [0.25, 0.3) is 0 Å². The smallest absolute Gasteiger partial charge is 0.248 e. The van der Waals surface area contributed by atoms with E-state index in [0.29, 0.717) is 22.8 Å². The fraction of sp³-hybridized carbons (Fsp3) is 0.316. The number of nitrogens with one attached hydrogen (secondary N) is 1. The molecule has 1 amide bonds. The predicted octanol–water partition coefficient (Wildman–Crippen LogP) is 4.09. The van der Waals surface area contributed by atoms with Crippen LogP contribution in [0.25, 0.3) is 0 Å². The number of carbonyl (C=O) groups excluding carboxylic acids is 1. The van der Waals surface area contributed by atoms with E-state index in [1.165, 1.54) is 0 Å². The van der Waals surface area contributed by atoms with E-state index < -0.39 is 16.1 Å². The molecule has 140 valence electrons. The highest BCUT2D eigenvalue weighted by molar-refractivity contribution is 7.92. The van der Waals surface area contributed by atoms with Crippen molar-refractivity contribution in [1.29, 1.82) is 0 Å². The van der Waals surface area contributed by atoms with Gasteiger partial charge >= 0.3 is 0 Å². The Bertz CT molecular complexity index is 884. The quantitative estimate of drug-likeness (QED) is 0.769. The summed E-state index contributed by atoms with van der Waals surface area (Å²) in [7, 11) is -3.69. The molecule has 1 atom stereocenters. The molecule has 0 spiro atoms. The van der Waals surface area contributed by atoms with Gasteiger partial charge in [0, 0.05) is 10.7 Å². The van der Waals surface area contributed by atoms with Gasteiger partial charge in [-0.1, -0.05) is 49.7 Å². The molecule has 7 heteroatoms. The number of rotatable bonds is 7. The van der Waals surface area contributed by atoms with Gasteiger partial charge in [-0.25, -0.2) is 8.42 Å². The number of benzene rings is 2.